The molecule has 0 aliphatic rings. The molecule has 0 heterocycles. The van der Waals surface area contributed by atoms with Gasteiger partial charge in [0, 0.05) is 0 Å². The second kappa shape index (κ2) is 31.1. The molecule has 1 nitrogen and oxygen atoms in total. The fraction of sp³-hybridized carbons (Fsp3) is 1.00. The normalized spacial score (nSPS) is 4.67. The van der Waals surface area contributed by atoms with E-state index in [1.165, 1.54) is 5.28 Å². The van der Waals surface area contributed by atoms with E-state index in [4.69, 9.17) is 2.84 Å². The van der Waals surface area contributed by atoms with Crippen LogP contribution in [0.15, 0.2) is 0 Å². The predicted molar refractivity (Wildman–Crippen MR) is 50.4 cm³/mol. The van der Waals surface area contributed by atoms with Crippen molar-refractivity contribution in [1.29, 1.82) is 0 Å². The third-order valence-corrected chi connectivity index (χ3v) is 1.56. The molecular formula is C3H11Al5O. The zero-order valence-electron chi connectivity index (χ0n) is 6.39. The Kier molecular flexibility index (Phi) is 78.0. The first-order valence-electron chi connectivity index (χ1n) is 2.22. The minimum atomic E-state index is 0. The molecule has 0 saturated carbocycles. The van der Waals surface area contributed by atoms with Gasteiger partial charge in [0.25, 0.3) is 0 Å². The summed E-state index contributed by atoms with van der Waals surface area (Å²) < 4.78 is 4.80. The summed E-state index contributed by atoms with van der Waals surface area (Å²) in [5.41, 5.74) is 0. The Bertz CT molecular complexity index is 19.7. The minimum Gasteiger partial charge on any atom is -0.652 e. The summed E-state index contributed by atoms with van der Waals surface area (Å²) in [6.07, 6.45) is 0. The molecule has 0 atom stereocenters. The molecule has 0 aliphatic carbocycles. The number of rotatable bonds is 2. The fourth-order valence-electron chi connectivity index (χ4n) is 0.118. The maximum Gasteiger partial charge on any atom is 0.390 e. The monoisotopic (exact) mass is 198 g/mol. The summed E-state index contributed by atoms with van der Waals surface area (Å²) in [6, 6.07) is 0. The van der Waals surface area contributed by atoms with Gasteiger partial charge < -0.3 is 2.84 Å². The maximum absolute atomic E-state index is 4.80. The van der Waals surface area contributed by atoms with Gasteiger partial charge in [0.2, 0.25) is 0 Å². The van der Waals surface area contributed by atoms with Gasteiger partial charge in [-0.05, 0) is 0 Å². The van der Waals surface area contributed by atoms with Crippen molar-refractivity contribution in [2.24, 2.45) is 0 Å². The lowest BCUT2D eigenvalue weighted by Gasteiger charge is -1.83. The molecule has 0 bridgehead atoms. The van der Waals surface area contributed by atoms with E-state index in [2.05, 4.69) is 23.2 Å². The summed E-state index contributed by atoms with van der Waals surface area (Å²) in [6.45, 7) is 2.13. The van der Waals surface area contributed by atoms with Crippen molar-refractivity contribution < 1.29 is 2.84 Å². The van der Waals surface area contributed by atoms with Crippen LogP contribution in [-0.4, -0.2) is 83.2 Å². The van der Waals surface area contributed by atoms with E-state index in [0.717, 1.165) is 0 Å². The highest BCUT2D eigenvalue weighted by Gasteiger charge is 1.76. The van der Waals surface area contributed by atoms with Gasteiger partial charge in [0.15, 0.2) is 0 Å². The Hall–Kier alpha value is 2.62. The molecule has 0 aromatic carbocycles. The minimum absolute atomic E-state index is 0. The van der Waals surface area contributed by atoms with Crippen LogP contribution < -0.4 is 0 Å². The largest absolute Gasteiger partial charge is 0.652 e. The number of hydrogen-bond acceptors (Lipinski definition) is 1. The lowest BCUT2D eigenvalue weighted by atomic mass is 11.0. The van der Waals surface area contributed by atoms with E-state index < -0.39 is 0 Å². The van der Waals surface area contributed by atoms with Crippen molar-refractivity contribution in [2.75, 3.05) is 0 Å². The lowest BCUT2D eigenvalue weighted by Crippen LogP contribution is -1.88. The van der Waals surface area contributed by atoms with Gasteiger partial charge in [-0.3, -0.25) is 0 Å². The van der Waals surface area contributed by atoms with Crippen LogP contribution in [0.3, 0.4) is 0 Å². The molecule has 0 rings (SSSR count). The molecule has 0 N–H and O–H groups in total. The van der Waals surface area contributed by atoms with E-state index in [1.54, 1.807) is 16.6 Å². The molecule has 8 radical (unpaired) electrons. The number of hydrogen-bond donors (Lipinski definition) is 0. The molecular weight excluding hydrogens is 187 g/mol. The van der Waals surface area contributed by atoms with Gasteiger partial charge in [-0.25, -0.2) is 0 Å². The molecule has 44 valence electrons. The van der Waals surface area contributed by atoms with Crippen molar-refractivity contribution in [3.63, 3.8) is 0 Å². The molecule has 0 aliphatic heterocycles. The molecule has 0 spiro atoms. The Balaban J connectivity index is -0.0000000286. The smallest absolute Gasteiger partial charge is 0.390 e. The highest BCUT2D eigenvalue weighted by Crippen LogP contribution is 1.67. The molecule has 0 amide bonds. The lowest BCUT2D eigenvalue weighted by molar-refractivity contribution is 0.663. The third kappa shape index (κ3) is 37.0. The standard InChI is InChI=1S/C2H5.CH3.5Al.O.3H/c1-2;;;;;;;;;;/h1H2,2H3;1H3;;;;;;;;;. The Labute approximate surface area is 103 Å². The van der Waals surface area contributed by atoms with Gasteiger partial charge in [-0.1, -0.05) is 12.2 Å². The molecule has 0 fully saturated rings. The molecule has 0 aromatic heterocycles. The van der Waals surface area contributed by atoms with Crippen molar-refractivity contribution in [3.05, 3.63) is 0 Å². The van der Waals surface area contributed by atoms with Crippen LogP contribution in [0.1, 0.15) is 6.92 Å². The Morgan fingerprint density at radius 2 is 1.78 bits per heavy atom. The highest BCUT2D eigenvalue weighted by molar-refractivity contribution is 6.33. The van der Waals surface area contributed by atoms with Gasteiger partial charge in [-0.15, -0.1) is 5.79 Å². The van der Waals surface area contributed by atoms with E-state index in [1.807, 2.05) is 5.79 Å². The molecule has 0 saturated heterocycles. The molecule has 0 aromatic rings. The van der Waals surface area contributed by atoms with Crippen molar-refractivity contribution in [3.8, 4) is 0 Å². The molecule has 0 unspecified atom stereocenters. The molecule has 9 heavy (non-hydrogen) atoms. The average molecular weight is 198 g/mol. The fourth-order valence-corrected chi connectivity index (χ4v) is 1.06. The first kappa shape index (κ1) is 22.6. The third-order valence-electron chi connectivity index (χ3n) is 0.285. The van der Waals surface area contributed by atoms with E-state index in [9.17, 15) is 0 Å². The van der Waals surface area contributed by atoms with Crippen LogP contribution in [0.25, 0.3) is 0 Å². The van der Waals surface area contributed by atoms with Crippen LogP contribution in [0, 0.1) is 0 Å². The van der Waals surface area contributed by atoms with E-state index in [0.29, 0.717) is 15.6 Å². The summed E-state index contributed by atoms with van der Waals surface area (Å²) in [4.78, 5) is 0. The average Bonchev–Trinajstić information content (AvgIpc) is 1.75. The zero-order valence-corrected chi connectivity index (χ0v) is 12.9. The second-order valence-electron chi connectivity index (χ2n) is 0.742. The Morgan fingerprint density at radius 1 is 1.44 bits per heavy atom. The van der Waals surface area contributed by atoms with Crippen LogP contribution in [0.4, 0.5) is 0 Å². The van der Waals surface area contributed by atoms with Crippen LogP contribution >= 0.6 is 0 Å². The molecule has 6 heteroatoms. The summed E-state index contributed by atoms with van der Waals surface area (Å²) in [5.74, 6) is 1.92. The van der Waals surface area contributed by atoms with Gasteiger partial charge in [0.05, 0.1) is 34.7 Å². The van der Waals surface area contributed by atoms with Gasteiger partial charge >= 0.3 is 32.2 Å². The van der Waals surface area contributed by atoms with E-state index in [-0.39, 0.29) is 34.7 Å². The summed E-state index contributed by atoms with van der Waals surface area (Å²) >= 11 is 4.33. The first-order chi connectivity index (χ1) is 3.41. The first-order valence-corrected chi connectivity index (χ1v) is 5.24. The van der Waals surface area contributed by atoms with Crippen molar-refractivity contribution in [1.82, 2.24) is 0 Å². The van der Waals surface area contributed by atoms with E-state index >= 15 is 0 Å². The van der Waals surface area contributed by atoms with Crippen LogP contribution in [0.5, 0.6) is 0 Å². The predicted octanol–water partition coefficient (Wildman–Crippen LogP) is -1.22. The van der Waals surface area contributed by atoms with Crippen LogP contribution in [0.2, 0.25) is 11.1 Å². The van der Waals surface area contributed by atoms with Gasteiger partial charge in [0.1, 0.15) is 16.3 Å². The van der Waals surface area contributed by atoms with Crippen LogP contribution in [-0.2, 0) is 2.84 Å². The summed E-state index contributed by atoms with van der Waals surface area (Å²) in [7, 11) is 0. The quantitative estimate of drug-likeness (QED) is 0.505. The summed E-state index contributed by atoms with van der Waals surface area (Å²) in [5, 5.41) is 1.21. The maximum atomic E-state index is 4.80. The zero-order chi connectivity index (χ0) is 6.12. The van der Waals surface area contributed by atoms with Crippen molar-refractivity contribution in [2.45, 2.75) is 18.0 Å². The second-order valence-corrected chi connectivity index (χ2v) is 3.22. The highest BCUT2D eigenvalue weighted by atomic mass is 27.2. The Morgan fingerprint density at radius 3 is 1.78 bits per heavy atom. The SMILES string of the molecule is C[CH2][Al][O][AlH].[AlH].[AlH].[CH3][Al]. The van der Waals surface area contributed by atoms with Gasteiger partial charge in [-0.2, -0.15) is 0 Å². The topological polar surface area (TPSA) is 9.23 Å². The van der Waals surface area contributed by atoms with Crippen molar-refractivity contribution >= 4 is 83.2 Å².